The number of nitrogens with zero attached hydrogens (tertiary/aromatic N) is 2. The highest BCUT2D eigenvalue weighted by molar-refractivity contribution is 5.94. The second-order valence-electron chi connectivity index (χ2n) is 8.38. The molecule has 2 aliphatic rings. The van der Waals surface area contributed by atoms with Crippen LogP contribution in [-0.2, 0) is 17.8 Å². The SMILES string of the molecule is O=C(NC1CC1)c1ccc(CN(C(=O)Cc2coc(-c3ccccc3)n2)C2CC2)cc1. The molecule has 2 amide bonds. The number of hydrogen-bond donors (Lipinski definition) is 1. The van der Waals surface area contributed by atoms with Gasteiger partial charge in [0.05, 0.1) is 12.1 Å². The molecule has 1 N–H and O–H groups in total. The topological polar surface area (TPSA) is 75.4 Å². The first-order valence-corrected chi connectivity index (χ1v) is 10.8. The van der Waals surface area contributed by atoms with Crippen LogP contribution in [-0.4, -0.2) is 33.8 Å². The minimum Gasteiger partial charge on any atom is -0.444 e. The second-order valence-corrected chi connectivity index (χ2v) is 8.38. The van der Waals surface area contributed by atoms with E-state index in [0.29, 0.717) is 29.7 Å². The normalized spacial score (nSPS) is 15.5. The van der Waals surface area contributed by atoms with Crippen LogP contribution in [0.4, 0.5) is 0 Å². The van der Waals surface area contributed by atoms with E-state index in [9.17, 15) is 9.59 Å². The van der Waals surface area contributed by atoms with Gasteiger partial charge in [0.2, 0.25) is 11.8 Å². The Morgan fingerprint density at radius 2 is 1.74 bits per heavy atom. The molecule has 2 aromatic carbocycles. The smallest absolute Gasteiger partial charge is 0.251 e. The predicted octanol–water partition coefficient (Wildman–Crippen LogP) is 3.97. The van der Waals surface area contributed by atoms with Crippen molar-refractivity contribution < 1.29 is 14.0 Å². The Morgan fingerprint density at radius 1 is 1.00 bits per heavy atom. The number of carbonyl (C=O) groups is 2. The van der Waals surface area contributed by atoms with Crippen molar-refractivity contribution in [1.82, 2.24) is 15.2 Å². The number of benzene rings is 2. The molecule has 0 bridgehead atoms. The zero-order valence-corrected chi connectivity index (χ0v) is 17.3. The molecule has 6 heteroatoms. The van der Waals surface area contributed by atoms with E-state index >= 15 is 0 Å². The standard InChI is InChI=1S/C25H25N3O3/c29-23(14-21-16-31-25(27-21)19-4-2-1-3-5-19)28(22-12-13-22)15-17-6-8-18(9-7-17)24(30)26-20-10-11-20/h1-9,16,20,22H,10-15H2,(H,26,30). The van der Waals surface area contributed by atoms with Crippen molar-refractivity contribution >= 4 is 11.8 Å². The summed E-state index contributed by atoms with van der Waals surface area (Å²) in [7, 11) is 0. The van der Waals surface area contributed by atoms with Crippen LogP contribution >= 0.6 is 0 Å². The Bertz CT molecular complexity index is 1070. The number of rotatable bonds is 8. The summed E-state index contributed by atoms with van der Waals surface area (Å²) in [4.78, 5) is 31.6. The summed E-state index contributed by atoms with van der Waals surface area (Å²) < 4.78 is 5.57. The van der Waals surface area contributed by atoms with Gasteiger partial charge in [-0.3, -0.25) is 9.59 Å². The second kappa shape index (κ2) is 8.38. The first kappa shape index (κ1) is 19.5. The summed E-state index contributed by atoms with van der Waals surface area (Å²) in [6, 6.07) is 17.8. The molecule has 0 saturated heterocycles. The molecule has 1 heterocycles. The molecular weight excluding hydrogens is 390 g/mol. The van der Waals surface area contributed by atoms with E-state index in [1.807, 2.05) is 59.5 Å². The molecule has 0 spiro atoms. The van der Waals surface area contributed by atoms with E-state index in [1.165, 1.54) is 0 Å². The minimum atomic E-state index is -0.0237. The summed E-state index contributed by atoms with van der Waals surface area (Å²) in [5.74, 6) is 0.553. The third kappa shape index (κ3) is 4.85. The lowest BCUT2D eigenvalue weighted by Crippen LogP contribution is -2.34. The van der Waals surface area contributed by atoms with Crippen LogP contribution in [0.25, 0.3) is 11.5 Å². The molecule has 1 aromatic heterocycles. The summed E-state index contributed by atoms with van der Waals surface area (Å²) >= 11 is 0. The molecule has 0 unspecified atom stereocenters. The van der Waals surface area contributed by atoms with Gasteiger partial charge in [0.15, 0.2) is 0 Å². The highest BCUT2D eigenvalue weighted by Gasteiger charge is 2.33. The van der Waals surface area contributed by atoms with Crippen LogP contribution in [0, 0.1) is 0 Å². The van der Waals surface area contributed by atoms with Crippen molar-refractivity contribution in [2.24, 2.45) is 0 Å². The molecule has 0 aliphatic heterocycles. The van der Waals surface area contributed by atoms with E-state index in [0.717, 1.165) is 36.8 Å². The van der Waals surface area contributed by atoms with E-state index in [4.69, 9.17) is 4.42 Å². The molecule has 6 nitrogen and oxygen atoms in total. The van der Waals surface area contributed by atoms with E-state index in [1.54, 1.807) is 6.26 Å². The van der Waals surface area contributed by atoms with Gasteiger partial charge in [-0.2, -0.15) is 0 Å². The molecule has 3 aromatic rings. The predicted molar refractivity (Wildman–Crippen MR) is 116 cm³/mol. The third-order valence-electron chi connectivity index (χ3n) is 5.69. The van der Waals surface area contributed by atoms with Crippen molar-refractivity contribution in [3.8, 4) is 11.5 Å². The number of hydrogen-bond acceptors (Lipinski definition) is 4. The van der Waals surface area contributed by atoms with Gasteiger partial charge in [-0.1, -0.05) is 30.3 Å². The van der Waals surface area contributed by atoms with Crippen LogP contribution in [0.2, 0.25) is 0 Å². The number of amides is 2. The van der Waals surface area contributed by atoms with Gasteiger partial charge in [0.1, 0.15) is 6.26 Å². The maximum atomic E-state index is 13.0. The Labute approximate surface area is 181 Å². The van der Waals surface area contributed by atoms with Crippen molar-refractivity contribution in [1.29, 1.82) is 0 Å². The molecular formula is C25H25N3O3. The van der Waals surface area contributed by atoms with E-state index in [-0.39, 0.29) is 24.3 Å². The lowest BCUT2D eigenvalue weighted by Gasteiger charge is -2.22. The zero-order chi connectivity index (χ0) is 21.2. The largest absolute Gasteiger partial charge is 0.444 e. The number of aromatic nitrogens is 1. The maximum absolute atomic E-state index is 13.0. The van der Waals surface area contributed by atoms with E-state index in [2.05, 4.69) is 10.3 Å². The van der Waals surface area contributed by atoms with Gasteiger partial charge in [-0.05, 0) is 55.5 Å². The first-order valence-electron chi connectivity index (χ1n) is 10.8. The average Bonchev–Trinajstić information content (AvgIpc) is 3.73. The van der Waals surface area contributed by atoms with Gasteiger partial charge in [-0.25, -0.2) is 4.98 Å². The number of nitrogens with one attached hydrogen (secondary N) is 1. The van der Waals surface area contributed by atoms with Gasteiger partial charge in [0.25, 0.3) is 5.91 Å². The minimum absolute atomic E-state index is 0.0237. The van der Waals surface area contributed by atoms with Crippen molar-refractivity contribution in [3.05, 3.63) is 77.7 Å². The monoisotopic (exact) mass is 415 g/mol. The van der Waals surface area contributed by atoms with Crippen LogP contribution in [0.3, 0.4) is 0 Å². The molecule has 2 aliphatic carbocycles. The molecule has 31 heavy (non-hydrogen) atoms. The summed E-state index contributed by atoms with van der Waals surface area (Å²) in [5, 5.41) is 3.00. The van der Waals surface area contributed by atoms with Crippen LogP contribution in [0.5, 0.6) is 0 Å². The Balaban J connectivity index is 1.23. The fourth-order valence-corrected chi connectivity index (χ4v) is 3.62. The molecule has 5 rings (SSSR count). The Morgan fingerprint density at radius 3 is 2.42 bits per heavy atom. The summed E-state index contributed by atoms with van der Waals surface area (Å²) in [5.41, 5.74) is 3.22. The zero-order valence-electron chi connectivity index (χ0n) is 17.3. The van der Waals surface area contributed by atoms with Crippen molar-refractivity contribution in [2.45, 2.75) is 50.7 Å². The van der Waals surface area contributed by atoms with Crippen LogP contribution < -0.4 is 5.32 Å². The number of oxazole rings is 1. The highest BCUT2D eigenvalue weighted by atomic mass is 16.3. The fourth-order valence-electron chi connectivity index (χ4n) is 3.62. The first-order chi connectivity index (χ1) is 15.2. The van der Waals surface area contributed by atoms with Gasteiger partial charge in [-0.15, -0.1) is 0 Å². The van der Waals surface area contributed by atoms with Crippen LogP contribution in [0.15, 0.2) is 65.3 Å². The number of carbonyl (C=O) groups excluding carboxylic acids is 2. The highest BCUT2D eigenvalue weighted by Crippen LogP contribution is 2.29. The Kier molecular flexibility index (Phi) is 5.28. The van der Waals surface area contributed by atoms with Gasteiger partial charge < -0.3 is 14.6 Å². The summed E-state index contributed by atoms with van der Waals surface area (Å²) in [6.45, 7) is 0.539. The third-order valence-corrected chi connectivity index (χ3v) is 5.69. The quantitative estimate of drug-likeness (QED) is 0.604. The van der Waals surface area contributed by atoms with Crippen LogP contribution in [0.1, 0.15) is 47.3 Å². The maximum Gasteiger partial charge on any atom is 0.251 e. The van der Waals surface area contributed by atoms with Gasteiger partial charge in [0, 0.05) is 29.8 Å². The van der Waals surface area contributed by atoms with E-state index < -0.39 is 0 Å². The van der Waals surface area contributed by atoms with Crippen molar-refractivity contribution in [3.63, 3.8) is 0 Å². The fraction of sp³-hybridized carbons (Fsp3) is 0.320. The Hall–Kier alpha value is -3.41. The molecule has 2 saturated carbocycles. The van der Waals surface area contributed by atoms with Gasteiger partial charge >= 0.3 is 0 Å². The lowest BCUT2D eigenvalue weighted by molar-refractivity contribution is -0.131. The molecule has 0 atom stereocenters. The van der Waals surface area contributed by atoms with Crippen molar-refractivity contribution in [2.75, 3.05) is 0 Å². The molecule has 2 fully saturated rings. The summed E-state index contributed by atoms with van der Waals surface area (Å²) in [6.07, 6.45) is 5.98. The molecule has 158 valence electrons. The molecule has 0 radical (unpaired) electrons. The lowest BCUT2D eigenvalue weighted by atomic mass is 10.1. The average molecular weight is 415 g/mol.